The van der Waals surface area contributed by atoms with Crippen LogP contribution < -0.4 is 0 Å². The minimum absolute atomic E-state index is 0.141. The summed E-state index contributed by atoms with van der Waals surface area (Å²) in [6, 6.07) is 10.3. The number of rotatable bonds is 2. The minimum atomic E-state index is -0.655. The molecule has 1 heterocycles. The van der Waals surface area contributed by atoms with Crippen molar-refractivity contribution in [3.05, 3.63) is 35.2 Å². The fourth-order valence-electron chi connectivity index (χ4n) is 1.97. The van der Waals surface area contributed by atoms with Crippen LogP contribution in [0, 0.1) is 5.92 Å². The van der Waals surface area contributed by atoms with Gasteiger partial charge < -0.3 is 5.11 Å². The Morgan fingerprint density at radius 1 is 1.40 bits per heavy atom. The predicted molar refractivity (Wildman–Crippen MR) is 60.3 cm³/mol. The normalized spacial score (nSPS) is 24.3. The molecule has 76 valence electrons. The Morgan fingerprint density at radius 2 is 2.20 bits per heavy atom. The Bertz CT molecular complexity index is 496. The van der Waals surface area contributed by atoms with Gasteiger partial charge in [-0.3, -0.25) is 4.79 Å². The van der Waals surface area contributed by atoms with E-state index in [2.05, 4.69) is 18.2 Å². The first-order valence-electron chi connectivity index (χ1n) is 4.97. The van der Waals surface area contributed by atoms with Gasteiger partial charge in [-0.15, -0.1) is 11.3 Å². The smallest absolute Gasteiger partial charge is 0.307 e. The summed E-state index contributed by atoms with van der Waals surface area (Å²) in [5.41, 5.74) is 0. The Morgan fingerprint density at radius 3 is 2.87 bits per heavy atom. The van der Waals surface area contributed by atoms with Crippen molar-refractivity contribution in [1.29, 1.82) is 0 Å². The van der Waals surface area contributed by atoms with E-state index in [9.17, 15) is 4.79 Å². The summed E-state index contributed by atoms with van der Waals surface area (Å²) in [5, 5.41) is 10.1. The first-order valence-corrected chi connectivity index (χ1v) is 5.78. The third-order valence-electron chi connectivity index (χ3n) is 2.92. The molecule has 0 saturated heterocycles. The average Bonchev–Trinajstić information content (AvgIpc) is 2.91. The summed E-state index contributed by atoms with van der Waals surface area (Å²) in [7, 11) is 0. The average molecular weight is 218 g/mol. The lowest BCUT2D eigenvalue weighted by atomic mass is 10.2. The van der Waals surface area contributed by atoms with Crippen molar-refractivity contribution in [2.24, 2.45) is 5.92 Å². The second kappa shape index (κ2) is 3.07. The third-order valence-corrected chi connectivity index (χ3v) is 4.17. The van der Waals surface area contributed by atoms with Gasteiger partial charge in [0.1, 0.15) is 0 Å². The highest BCUT2D eigenvalue weighted by Crippen LogP contribution is 2.50. The van der Waals surface area contributed by atoms with Crippen LogP contribution in [-0.2, 0) is 4.79 Å². The van der Waals surface area contributed by atoms with Crippen LogP contribution in [-0.4, -0.2) is 11.1 Å². The first kappa shape index (κ1) is 8.92. The second-order valence-corrected chi connectivity index (χ2v) is 5.09. The van der Waals surface area contributed by atoms with Crippen molar-refractivity contribution >= 4 is 27.4 Å². The minimum Gasteiger partial charge on any atom is -0.481 e. The monoisotopic (exact) mass is 218 g/mol. The molecule has 3 heteroatoms. The van der Waals surface area contributed by atoms with Gasteiger partial charge in [0.15, 0.2) is 0 Å². The van der Waals surface area contributed by atoms with Gasteiger partial charge in [-0.25, -0.2) is 0 Å². The molecule has 1 N–H and O–H groups in total. The highest BCUT2D eigenvalue weighted by atomic mass is 32.1. The second-order valence-electron chi connectivity index (χ2n) is 3.97. The van der Waals surface area contributed by atoms with Crippen molar-refractivity contribution in [2.45, 2.75) is 12.3 Å². The fraction of sp³-hybridized carbons (Fsp3) is 0.250. The van der Waals surface area contributed by atoms with E-state index < -0.39 is 5.97 Å². The van der Waals surface area contributed by atoms with E-state index in [4.69, 9.17) is 5.11 Å². The van der Waals surface area contributed by atoms with Crippen LogP contribution >= 0.6 is 11.3 Å². The summed E-state index contributed by atoms with van der Waals surface area (Å²) in [6.07, 6.45) is 0.808. The lowest BCUT2D eigenvalue weighted by Crippen LogP contribution is -1.97. The SMILES string of the molecule is O=C(O)C1CC1c1cc2ccccc2s1. The van der Waals surface area contributed by atoms with Gasteiger partial charge in [0.25, 0.3) is 0 Å². The van der Waals surface area contributed by atoms with E-state index in [0.717, 1.165) is 6.42 Å². The number of carboxylic acid groups (broad SMARTS) is 1. The van der Waals surface area contributed by atoms with E-state index in [1.807, 2.05) is 12.1 Å². The van der Waals surface area contributed by atoms with E-state index in [1.165, 1.54) is 15.0 Å². The Balaban J connectivity index is 1.97. The van der Waals surface area contributed by atoms with Gasteiger partial charge in [0, 0.05) is 15.5 Å². The third kappa shape index (κ3) is 1.43. The molecular formula is C12H10O2S. The molecule has 1 aromatic heterocycles. The van der Waals surface area contributed by atoms with Crippen molar-refractivity contribution in [2.75, 3.05) is 0 Å². The molecule has 15 heavy (non-hydrogen) atoms. The maximum absolute atomic E-state index is 10.8. The number of hydrogen-bond acceptors (Lipinski definition) is 2. The zero-order chi connectivity index (χ0) is 10.4. The van der Waals surface area contributed by atoms with Gasteiger partial charge in [-0.2, -0.15) is 0 Å². The van der Waals surface area contributed by atoms with Gasteiger partial charge in [-0.05, 0) is 23.9 Å². The van der Waals surface area contributed by atoms with Gasteiger partial charge in [-0.1, -0.05) is 18.2 Å². The summed E-state index contributed by atoms with van der Waals surface area (Å²) in [5.74, 6) is -0.532. The Labute approximate surface area is 91.2 Å². The molecule has 3 rings (SSSR count). The molecule has 1 fully saturated rings. The number of thiophene rings is 1. The van der Waals surface area contributed by atoms with E-state index in [1.54, 1.807) is 11.3 Å². The van der Waals surface area contributed by atoms with Crippen LogP contribution in [0.2, 0.25) is 0 Å². The molecule has 2 nitrogen and oxygen atoms in total. The highest BCUT2D eigenvalue weighted by molar-refractivity contribution is 7.19. The zero-order valence-electron chi connectivity index (χ0n) is 8.01. The number of aliphatic carboxylic acids is 1. The van der Waals surface area contributed by atoms with Crippen LogP contribution in [0.4, 0.5) is 0 Å². The van der Waals surface area contributed by atoms with E-state index in [-0.39, 0.29) is 11.8 Å². The molecule has 2 unspecified atom stereocenters. The molecule has 0 amide bonds. The number of benzene rings is 1. The Hall–Kier alpha value is -1.35. The van der Waals surface area contributed by atoms with Crippen LogP contribution in [0.1, 0.15) is 17.2 Å². The Kier molecular flexibility index (Phi) is 1.83. The zero-order valence-corrected chi connectivity index (χ0v) is 8.83. The molecule has 0 bridgehead atoms. The van der Waals surface area contributed by atoms with Gasteiger partial charge in [0.05, 0.1) is 5.92 Å². The molecule has 2 atom stereocenters. The quantitative estimate of drug-likeness (QED) is 0.841. The molecule has 1 aromatic carbocycles. The summed E-state index contributed by atoms with van der Waals surface area (Å²) >= 11 is 1.73. The van der Waals surface area contributed by atoms with Crippen LogP contribution in [0.3, 0.4) is 0 Å². The highest BCUT2D eigenvalue weighted by Gasteiger charge is 2.45. The van der Waals surface area contributed by atoms with Crippen LogP contribution in [0.25, 0.3) is 10.1 Å². The molecule has 0 radical (unpaired) electrons. The topological polar surface area (TPSA) is 37.3 Å². The summed E-state index contributed by atoms with van der Waals surface area (Å²) < 4.78 is 1.25. The number of carbonyl (C=O) groups is 1. The molecule has 0 aliphatic heterocycles. The summed E-state index contributed by atoms with van der Waals surface area (Å²) in [4.78, 5) is 12.0. The lowest BCUT2D eigenvalue weighted by molar-refractivity contribution is -0.138. The van der Waals surface area contributed by atoms with Crippen molar-refractivity contribution in [3.8, 4) is 0 Å². The first-order chi connectivity index (χ1) is 7.25. The molecule has 1 aliphatic rings. The van der Waals surface area contributed by atoms with Crippen molar-refractivity contribution in [1.82, 2.24) is 0 Å². The maximum Gasteiger partial charge on any atom is 0.307 e. The largest absolute Gasteiger partial charge is 0.481 e. The number of hydrogen-bond donors (Lipinski definition) is 1. The lowest BCUT2D eigenvalue weighted by Gasteiger charge is -1.89. The maximum atomic E-state index is 10.8. The number of fused-ring (bicyclic) bond motifs is 1. The molecule has 1 saturated carbocycles. The fourth-order valence-corrected chi connectivity index (χ4v) is 3.21. The number of carboxylic acids is 1. The molecule has 1 aliphatic carbocycles. The van der Waals surface area contributed by atoms with E-state index >= 15 is 0 Å². The molecular weight excluding hydrogens is 208 g/mol. The molecule has 2 aromatic rings. The van der Waals surface area contributed by atoms with E-state index in [0.29, 0.717) is 0 Å². The van der Waals surface area contributed by atoms with Crippen LogP contribution in [0.5, 0.6) is 0 Å². The van der Waals surface area contributed by atoms with Crippen LogP contribution in [0.15, 0.2) is 30.3 Å². The van der Waals surface area contributed by atoms with Gasteiger partial charge in [0.2, 0.25) is 0 Å². The summed E-state index contributed by atoms with van der Waals surface area (Å²) in [6.45, 7) is 0. The predicted octanol–water partition coefficient (Wildman–Crippen LogP) is 3.09. The molecule has 0 spiro atoms. The standard InChI is InChI=1S/C12H10O2S/c13-12(14)9-6-8(9)11-5-7-3-1-2-4-10(7)15-11/h1-5,8-9H,6H2,(H,13,14). The van der Waals surface area contributed by atoms with Gasteiger partial charge >= 0.3 is 5.97 Å². The van der Waals surface area contributed by atoms with Crippen molar-refractivity contribution < 1.29 is 9.90 Å². The van der Waals surface area contributed by atoms with Crippen molar-refractivity contribution in [3.63, 3.8) is 0 Å².